The van der Waals surface area contributed by atoms with E-state index in [-0.39, 0.29) is 0 Å². The molecule has 0 amide bonds. The largest absolute Gasteiger partial charge is 0.359 e. The van der Waals surface area contributed by atoms with Crippen LogP contribution < -0.4 is 5.32 Å². The predicted octanol–water partition coefficient (Wildman–Crippen LogP) is 2.89. The van der Waals surface area contributed by atoms with Gasteiger partial charge >= 0.3 is 0 Å². The molecule has 2 aromatic heterocycles. The minimum absolute atomic E-state index is 0.351. The molecule has 2 aromatic rings. The van der Waals surface area contributed by atoms with Crippen LogP contribution in [0, 0.1) is 6.92 Å². The number of aryl methyl sites for hydroxylation is 1. The second kappa shape index (κ2) is 5.87. The number of hydrogen-bond acceptors (Lipinski definition) is 3. The highest BCUT2D eigenvalue weighted by Gasteiger charge is 2.10. The summed E-state index contributed by atoms with van der Waals surface area (Å²) in [6.07, 6.45) is 3.23. The molecule has 0 saturated carbocycles. The maximum absolute atomic E-state index is 5.26. The third kappa shape index (κ3) is 3.01. The standard InChI is InChI=1S/C14H21N3O/c1-4-7-15-12(3)14-6-5-8-17(14)10-13-9-11(2)16-18-13/h5-6,8-9,12,15H,4,7,10H2,1-3H3. The zero-order chi connectivity index (χ0) is 13.0. The molecule has 1 atom stereocenters. The zero-order valence-corrected chi connectivity index (χ0v) is 11.3. The van der Waals surface area contributed by atoms with Crippen LogP contribution in [0.5, 0.6) is 0 Å². The molecule has 2 rings (SSSR count). The summed E-state index contributed by atoms with van der Waals surface area (Å²) in [5.74, 6) is 0.896. The van der Waals surface area contributed by atoms with Crippen LogP contribution in [0.2, 0.25) is 0 Å². The van der Waals surface area contributed by atoms with E-state index in [1.54, 1.807) is 0 Å². The van der Waals surface area contributed by atoms with Gasteiger partial charge in [0.2, 0.25) is 0 Å². The molecule has 0 radical (unpaired) electrons. The minimum Gasteiger partial charge on any atom is -0.359 e. The molecule has 0 aliphatic carbocycles. The van der Waals surface area contributed by atoms with Gasteiger partial charge < -0.3 is 14.4 Å². The SMILES string of the molecule is CCCNC(C)c1cccn1Cc1cc(C)no1. The van der Waals surface area contributed by atoms with E-state index in [2.05, 4.69) is 47.2 Å². The van der Waals surface area contributed by atoms with Crippen molar-refractivity contribution in [2.75, 3.05) is 6.54 Å². The van der Waals surface area contributed by atoms with Crippen molar-refractivity contribution in [2.45, 2.75) is 39.8 Å². The first-order valence-corrected chi connectivity index (χ1v) is 6.51. The van der Waals surface area contributed by atoms with Gasteiger partial charge in [-0.25, -0.2) is 0 Å². The monoisotopic (exact) mass is 247 g/mol. The Hall–Kier alpha value is -1.55. The van der Waals surface area contributed by atoms with Gasteiger partial charge in [-0.3, -0.25) is 0 Å². The van der Waals surface area contributed by atoms with E-state index in [1.165, 1.54) is 5.69 Å². The van der Waals surface area contributed by atoms with E-state index < -0.39 is 0 Å². The summed E-state index contributed by atoms with van der Waals surface area (Å²) in [6.45, 7) is 8.08. The summed E-state index contributed by atoms with van der Waals surface area (Å²) < 4.78 is 7.46. The molecule has 0 saturated heterocycles. The van der Waals surface area contributed by atoms with Crippen molar-refractivity contribution < 1.29 is 4.52 Å². The molecular weight excluding hydrogens is 226 g/mol. The summed E-state index contributed by atoms with van der Waals surface area (Å²) in [4.78, 5) is 0. The molecule has 0 bridgehead atoms. The Morgan fingerprint density at radius 1 is 1.50 bits per heavy atom. The van der Waals surface area contributed by atoms with Crippen molar-refractivity contribution in [1.29, 1.82) is 0 Å². The fraction of sp³-hybridized carbons (Fsp3) is 0.500. The molecule has 0 spiro atoms. The van der Waals surface area contributed by atoms with Crippen molar-refractivity contribution >= 4 is 0 Å². The van der Waals surface area contributed by atoms with E-state index in [4.69, 9.17) is 4.52 Å². The van der Waals surface area contributed by atoms with Crippen molar-refractivity contribution in [1.82, 2.24) is 15.0 Å². The molecule has 0 fully saturated rings. The Labute approximate surface area is 108 Å². The number of hydrogen-bond donors (Lipinski definition) is 1. The smallest absolute Gasteiger partial charge is 0.156 e. The van der Waals surface area contributed by atoms with Crippen LogP contribution in [-0.4, -0.2) is 16.3 Å². The molecule has 98 valence electrons. The maximum atomic E-state index is 5.26. The predicted molar refractivity (Wildman–Crippen MR) is 71.5 cm³/mol. The van der Waals surface area contributed by atoms with Crippen LogP contribution in [0.15, 0.2) is 28.9 Å². The molecule has 18 heavy (non-hydrogen) atoms. The third-order valence-electron chi connectivity index (χ3n) is 3.01. The van der Waals surface area contributed by atoms with E-state index in [1.807, 2.05) is 13.0 Å². The Balaban J connectivity index is 2.07. The summed E-state index contributed by atoms with van der Waals surface area (Å²) in [6, 6.07) is 6.55. The Kier molecular flexibility index (Phi) is 4.20. The molecular formula is C14H21N3O. The van der Waals surface area contributed by atoms with Gasteiger partial charge in [-0.15, -0.1) is 0 Å². The Morgan fingerprint density at radius 2 is 2.33 bits per heavy atom. The van der Waals surface area contributed by atoms with Crippen LogP contribution in [-0.2, 0) is 6.54 Å². The van der Waals surface area contributed by atoms with Crippen molar-refractivity contribution in [3.8, 4) is 0 Å². The van der Waals surface area contributed by atoms with Crippen LogP contribution in [0.1, 0.15) is 43.5 Å². The zero-order valence-electron chi connectivity index (χ0n) is 11.3. The molecule has 1 unspecified atom stereocenters. The second-order valence-electron chi connectivity index (χ2n) is 4.67. The number of nitrogens with zero attached hydrogens (tertiary/aromatic N) is 2. The number of aromatic nitrogens is 2. The summed E-state index contributed by atoms with van der Waals surface area (Å²) in [5, 5.41) is 7.42. The van der Waals surface area contributed by atoms with Crippen molar-refractivity contribution in [3.63, 3.8) is 0 Å². The van der Waals surface area contributed by atoms with E-state index in [9.17, 15) is 0 Å². The van der Waals surface area contributed by atoms with Gasteiger partial charge in [0.25, 0.3) is 0 Å². The highest BCUT2D eigenvalue weighted by molar-refractivity contribution is 5.14. The van der Waals surface area contributed by atoms with Gasteiger partial charge in [-0.2, -0.15) is 0 Å². The second-order valence-corrected chi connectivity index (χ2v) is 4.67. The first-order chi connectivity index (χ1) is 8.70. The molecule has 1 N–H and O–H groups in total. The van der Waals surface area contributed by atoms with Crippen LogP contribution in [0.3, 0.4) is 0 Å². The minimum atomic E-state index is 0.351. The van der Waals surface area contributed by atoms with Gasteiger partial charge in [0.1, 0.15) is 0 Å². The highest BCUT2D eigenvalue weighted by Crippen LogP contribution is 2.15. The third-order valence-corrected chi connectivity index (χ3v) is 3.01. The summed E-state index contributed by atoms with van der Waals surface area (Å²) in [5.41, 5.74) is 2.20. The van der Waals surface area contributed by atoms with Crippen LogP contribution >= 0.6 is 0 Å². The fourth-order valence-corrected chi connectivity index (χ4v) is 2.09. The molecule has 4 nitrogen and oxygen atoms in total. The first-order valence-electron chi connectivity index (χ1n) is 6.51. The van der Waals surface area contributed by atoms with E-state index in [0.717, 1.165) is 31.0 Å². The molecule has 0 aliphatic heterocycles. The normalized spacial score (nSPS) is 12.8. The van der Waals surface area contributed by atoms with Gasteiger partial charge in [0.15, 0.2) is 5.76 Å². The quantitative estimate of drug-likeness (QED) is 0.853. The number of rotatable bonds is 6. The Bertz CT molecular complexity index is 487. The highest BCUT2D eigenvalue weighted by atomic mass is 16.5. The maximum Gasteiger partial charge on any atom is 0.156 e. The lowest BCUT2D eigenvalue weighted by molar-refractivity contribution is 0.370. The number of nitrogens with one attached hydrogen (secondary N) is 1. The molecule has 0 aliphatic rings. The topological polar surface area (TPSA) is 43.0 Å². The fourth-order valence-electron chi connectivity index (χ4n) is 2.09. The van der Waals surface area contributed by atoms with Crippen LogP contribution in [0.25, 0.3) is 0 Å². The van der Waals surface area contributed by atoms with Gasteiger partial charge in [0, 0.05) is 24.0 Å². The summed E-state index contributed by atoms with van der Waals surface area (Å²) >= 11 is 0. The molecule has 0 aromatic carbocycles. The van der Waals surface area contributed by atoms with Crippen LogP contribution in [0.4, 0.5) is 0 Å². The van der Waals surface area contributed by atoms with Gasteiger partial charge in [-0.1, -0.05) is 12.1 Å². The van der Waals surface area contributed by atoms with Crippen molar-refractivity contribution in [2.24, 2.45) is 0 Å². The Morgan fingerprint density at radius 3 is 3.00 bits per heavy atom. The molecule has 2 heterocycles. The lowest BCUT2D eigenvalue weighted by Crippen LogP contribution is -2.22. The van der Waals surface area contributed by atoms with E-state index in [0.29, 0.717) is 6.04 Å². The summed E-state index contributed by atoms with van der Waals surface area (Å²) in [7, 11) is 0. The van der Waals surface area contributed by atoms with Gasteiger partial charge in [0.05, 0.1) is 12.2 Å². The first kappa shape index (κ1) is 12.9. The lowest BCUT2D eigenvalue weighted by atomic mass is 10.2. The van der Waals surface area contributed by atoms with Crippen molar-refractivity contribution in [3.05, 3.63) is 41.5 Å². The van der Waals surface area contributed by atoms with E-state index >= 15 is 0 Å². The molecule has 4 heteroatoms. The lowest BCUT2D eigenvalue weighted by Gasteiger charge is -2.16. The van der Waals surface area contributed by atoms with Gasteiger partial charge in [-0.05, 0) is 38.9 Å². The average Bonchev–Trinajstić information content (AvgIpc) is 2.96. The average molecular weight is 247 g/mol.